The van der Waals surface area contributed by atoms with Crippen molar-refractivity contribution < 1.29 is 19.4 Å². The van der Waals surface area contributed by atoms with Gasteiger partial charge in [-0.3, -0.25) is 9.59 Å². The average molecular weight is 280 g/mol. The highest BCUT2D eigenvalue weighted by Gasteiger charge is 2.12. The molecule has 4 N–H and O–H groups in total. The molecule has 0 bridgehead atoms. The van der Waals surface area contributed by atoms with Gasteiger partial charge >= 0.3 is 5.97 Å². The number of benzene rings is 1. The molecule has 6 nitrogen and oxygen atoms in total. The van der Waals surface area contributed by atoms with Crippen molar-refractivity contribution in [3.8, 4) is 0 Å². The van der Waals surface area contributed by atoms with Gasteiger partial charge in [-0.25, -0.2) is 0 Å². The summed E-state index contributed by atoms with van der Waals surface area (Å²) in [5.41, 5.74) is 7.16. The number of amides is 1. The summed E-state index contributed by atoms with van der Waals surface area (Å²) in [5, 5.41) is 11.5. The highest BCUT2D eigenvalue weighted by molar-refractivity contribution is 5.78. The lowest BCUT2D eigenvalue weighted by atomic mass is 10.0. The van der Waals surface area contributed by atoms with E-state index in [0.717, 1.165) is 11.1 Å². The molecule has 0 fully saturated rings. The summed E-state index contributed by atoms with van der Waals surface area (Å²) in [6.45, 7) is 0.971. The number of nitrogens with two attached hydrogens (primary N) is 1. The number of carbonyl (C=O) groups excluding carboxylic acids is 1. The van der Waals surface area contributed by atoms with Crippen molar-refractivity contribution in [2.24, 2.45) is 5.73 Å². The summed E-state index contributed by atoms with van der Waals surface area (Å²) in [6, 6.07) is 6.29. The third-order valence-electron chi connectivity index (χ3n) is 2.79. The number of methoxy groups -OCH3 is 1. The van der Waals surface area contributed by atoms with Crippen molar-refractivity contribution >= 4 is 11.9 Å². The molecule has 20 heavy (non-hydrogen) atoms. The van der Waals surface area contributed by atoms with Gasteiger partial charge < -0.3 is 20.9 Å². The lowest BCUT2D eigenvalue weighted by Crippen LogP contribution is -2.32. The molecule has 6 heteroatoms. The van der Waals surface area contributed by atoms with Crippen LogP contribution in [-0.4, -0.2) is 43.3 Å². The van der Waals surface area contributed by atoms with Crippen LogP contribution in [0.25, 0.3) is 0 Å². The summed E-state index contributed by atoms with van der Waals surface area (Å²) < 4.78 is 4.84. The van der Waals surface area contributed by atoms with E-state index in [0.29, 0.717) is 13.2 Å². The normalized spacial score (nSPS) is 11.9. The van der Waals surface area contributed by atoms with Crippen LogP contribution in [0, 0.1) is 0 Å². The molecule has 0 heterocycles. The first-order valence-electron chi connectivity index (χ1n) is 6.34. The molecule has 0 spiro atoms. The maximum atomic E-state index is 11.6. The zero-order chi connectivity index (χ0) is 15.0. The van der Waals surface area contributed by atoms with E-state index in [4.69, 9.17) is 15.6 Å². The van der Waals surface area contributed by atoms with E-state index in [1.165, 1.54) is 0 Å². The lowest BCUT2D eigenvalue weighted by Gasteiger charge is -2.08. The van der Waals surface area contributed by atoms with Crippen molar-refractivity contribution in [2.75, 3.05) is 20.3 Å². The predicted molar refractivity (Wildman–Crippen MR) is 74.3 cm³/mol. The number of hydrogen-bond donors (Lipinski definition) is 3. The molecule has 1 atom stereocenters. The van der Waals surface area contributed by atoms with Crippen LogP contribution in [0.1, 0.15) is 11.1 Å². The fraction of sp³-hybridized carbons (Fsp3) is 0.429. The van der Waals surface area contributed by atoms with Gasteiger partial charge in [0.2, 0.25) is 5.91 Å². The van der Waals surface area contributed by atoms with E-state index in [1.54, 1.807) is 31.4 Å². The molecular formula is C14H20N2O4. The highest BCUT2D eigenvalue weighted by atomic mass is 16.5. The molecule has 0 aliphatic rings. The van der Waals surface area contributed by atoms with Gasteiger partial charge in [0.25, 0.3) is 0 Å². The third-order valence-corrected chi connectivity index (χ3v) is 2.79. The van der Waals surface area contributed by atoms with E-state index < -0.39 is 12.0 Å². The van der Waals surface area contributed by atoms with Crippen molar-refractivity contribution in [3.05, 3.63) is 35.4 Å². The quantitative estimate of drug-likeness (QED) is 0.579. The van der Waals surface area contributed by atoms with E-state index in [1.807, 2.05) is 0 Å². The largest absolute Gasteiger partial charge is 0.480 e. The number of aliphatic carboxylic acids is 1. The molecule has 1 aromatic rings. The maximum absolute atomic E-state index is 11.6. The highest BCUT2D eigenvalue weighted by Crippen LogP contribution is 2.07. The van der Waals surface area contributed by atoms with Crippen LogP contribution >= 0.6 is 0 Å². The van der Waals surface area contributed by atoms with E-state index in [2.05, 4.69) is 5.32 Å². The molecule has 0 aliphatic carbocycles. The van der Waals surface area contributed by atoms with Crippen molar-refractivity contribution in [1.29, 1.82) is 0 Å². The van der Waals surface area contributed by atoms with Crippen LogP contribution in [0.2, 0.25) is 0 Å². The van der Waals surface area contributed by atoms with Crippen molar-refractivity contribution in [3.63, 3.8) is 0 Å². The Labute approximate surface area is 117 Å². The molecule has 0 unspecified atom stereocenters. The van der Waals surface area contributed by atoms with Gasteiger partial charge in [-0.1, -0.05) is 24.3 Å². The van der Waals surface area contributed by atoms with Crippen molar-refractivity contribution in [2.45, 2.75) is 18.9 Å². The van der Waals surface area contributed by atoms with E-state index >= 15 is 0 Å². The minimum atomic E-state index is -1.02. The fourth-order valence-corrected chi connectivity index (χ4v) is 1.67. The Balaban J connectivity index is 2.46. The SMILES string of the molecule is COCCNC(=O)Cc1ccc(C[C@H](N)C(=O)O)cc1. The zero-order valence-corrected chi connectivity index (χ0v) is 11.5. The Hall–Kier alpha value is -1.92. The molecule has 0 aliphatic heterocycles. The number of rotatable bonds is 8. The zero-order valence-electron chi connectivity index (χ0n) is 11.5. The van der Waals surface area contributed by atoms with Gasteiger partial charge in [0, 0.05) is 13.7 Å². The number of nitrogens with one attached hydrogen (secondary N) is 1. The summed E-state index contributed by atoms with van der Waals surface area (Å²) in [5.74, 6) is -1.09. The summed E-state index contributed by atoms with van der Waals surface area (Å²) >= 11 is 0. The topological polar surface area (TPSA) is 102 Å². The first-order valence-corrected chi connectivity index (χ1v) is 6.34. The molecule has 110 valence electrons. The van der Waals surface area contributed by atoms with Crippen LogP contribution in [0.4, 0.5) is 0 Å². The fourth-order valence-electron chi connectivity index (χ4n) is 1.67. The summed E-state index contributed by atoms with van der Waals surface area (Å²) in [4.78, 5) is 22.2. The molecule has 0 aromatic heterocycles. The maximum Gasteiger partial charge on any atom is 0.320 e. The number of carboxylic acids is 1. The first-order chi connectivity index (χ1) is 9.52. The molecule has 1 amide bonds. The Bertz CT molecular complexity index is 445. The Morgan fingerprint density at radius 3 is 2.45 bits per heavy atom. The number of hydrogen-bond acceptors (Lipinski definition) is 4. The smallest absolute Gasteiger partial charge is 0.320 e. The van der Waals surface area contributed by atoms with Gasteiger partial charge in [0.05, 0.1) is 13.0 Å². The minimum absolute atomic E-state index is 0.0722. The molecule has 1 aromatic carbocycles. The Kier molecular flexibility index (Phi) is 6.69. The molecule has 0 radical (unpaired) electrons. The molecular weight excluding hydrogens is 260 g/mol. The standard InChI is InChI=1S/C14H20N2O4/c1-20-7-6-16-13(17)9-11-4-2-10(3-5-11)8-12(15)14(18)19/h2-5,12H,6-9,15H2,1H3,(H,16,17)(H,18,19)/t12-/m0/s1. The second kappa shape index (κ2) is 8.29. The Morgan fingerprint density at radius 2 is 1.90 bits per heavy atom. The lowest BCUT2D eigenvalue weighted by molar-refractivity contribution is -0.138. The number of carbonyl (C=O) groups is 2. The Morgan fingerprint density at radius 1 is 1.30 bits per heavy atom. The van der Waals surface area contributed by atoms with Crippen molar-refractivity contribution in [1.82, 2.24) is 5.32 Å². The van der Waals surface area contributed by atoms with Crippen LogP contribution in [0.3, 0.4) is 0 Å². The molecule has 0 saturated heterocycles. The molecule has 1 rings (SSSR count). The van der Waals surface area contributed by atoms with Gasteiger partial charge in [-0.2, -0.15) is 0 Å². The number of carboxylic acid groups (broad SMARTS) is 1. The summed E-state index contributed by atoms with van der Waals surface area (Å²) in [6.07, 6.45) is 0.560. The van der Waals surface area contributed by atoms with Gasteiger partial charge in [0.15, 0.2) is 0 Å². The summed E-state index contributed by atoms with van der Waals surface area (Å²) in [7, 11) is 1.58. The number of ether oxygens (including phenoxy) is 1. The van der Waals surface area contributed by atoms with Crippen LogP contribution < -0.4 is 11.1 Å². The van der Waals surface area contributed by atoms with Crippen LogP contribution in [-0.2, 0) is 27.2 Å². The van der Waals surface area contributed by atoms with Crippen LogP contribution in [0.5, 0.6) is 0 Å². The third kappa shape index (κ3) is 5.81. The van der Waals surface area contributed by atoms with E-state index in [9.17, 15) is 9.59 Å². The average Bonchev–Trinajstić information content (AvgIpc) is 2.41. The second-order valence-corrected chi connectivity index (χ2v) is 4.48. The first kappa shape index (κ1) is 16.1. The van der Waals surface area contributed by atoms with Gasteiger partial charge in [-0.05, 0) is 17.5 Å². The molecule has 0 saturated carbocycles. The second-order valence-electron chi connectivity index (χ2n) is 4.48. The van der Waals surface area contributed by atoms with Gasteiger partial charge in [0.1, 0.15) is 6.04 Å². The minimum Gasteiger partial charge on any atom is -0.480 e. The monoisotopic (exact) mass is 280 g/mol. The predicted octanol–water partition coefficient (Wildman–Crippen LogP) is -0.0539. The van der Waals surface area contributed by atoms with Crippen LogP contribution in [0.15, 0.2) is 24.3 Å². The van der Waals surface area contributed by atoms with E-state index in [-0.39, 0.29) is 18.7 Å². The van der Waals surface area contributed by atoms with Gasteiger partial charge in [-0.15, -0.1) is 0 Å².